The van der Waals surface area contributed by atoms with E-state index < -0.39 is 6.03 Å². The minimum atomic E-state index is -0.695. The number of imide groups is 1. The first-order chi connectivity index (χ1) is 6.08. The first kappa shape index (κ1) is 11.7. The van der Waals surface area contributed by atoms with Crippen LogP contribution < -0.4 is 5.73 Å². The van der Waals surface area contributed by atoms with E-state index in [0.29, 0.717) is 19.6 Å². The zero-order valence-corrected chi connectivity index (χ0v) is 8.41. The fourth-order valence-corrected chi connectivity index (χ4v) is 1.05. The predicted molar refractivity (Wildman–Crippen MR) is 50.3 cm³/mol. The molecule has 5 heteroatoms. The summed E-state index contributed by atoms with van der Waals surface area (Å²) in [4.78, 5) is 24.9. The molecule has 0 aliphatic heterocycles. The molecule has 0 aromatic rings. The maximum atomic E-state index is 11.5. The number of primary amides is 1. The summed E-state index contributed by atoms with van der Waals surface area (Å²) in [5, 5.41) is 0. The second kappa shape index (κ2) is 5.40. The lowest BCUT2D eigenvalue weighted by Gasteiger charge is -2.25. The van der Waals surface area contributed by atoms with Crippen molar-refractivity contribution < 1.29 is 9.59 Å². The van der Waals surface area contributed by atoms with Gasteiger partial charge in [0.05, 0.1) is 0 Å². The molecule has 2 N–H and O–H groups in total. The number of nitrogens with two attached hydrogens (primary N) is 1. The molecule has 0 unspecified atom stereocenters. The van der Waals surface area contributed by atoms with Crippen LogP contribution in [0.25, 0.3) is 0 Å². The highest BCUT2D eigenvalue weighted by atomic mass is 16.2. The summed E-state index contributed by atoms with van der Waals surface area (Å²) in [6.45, 7) is 6.90. The number of nitrogens with zero attached hydrogens (tertiary/aromatic N) is 2. The lowest BCUT2D eigenvalue weighted by atomic mass is 10.5. The van der Waals surface area contributed by atoms with Gasteiger partial charge in [0.1, 0.15) is 0 Å². The highest BCUT2D eigenvalue weighted by Crippen LogP contribution is 1.98. The number of urea groups is 2. The van der Waals surface area contributed by atoms with Gasteiger partial charge >= 0.3 is 12.1 Å². The third kappa shape index (κ3) is 2.93. The molecule has 0 fully saturated rings. The average molecular weight is 187 g/mol. The van der Waals surface area contributed by atoms with Gasteiger partial charge in [-0.3, -0.25) is 0 Å². The molecule has 0 aliphatic rings. The van der Waals surface area contributed by atoms with Gasteiger partial charge in [-0.2, -0.15) is 0 Å². The van der Waals surface area contributed by atoms with Gasteiger partial charge in [-0.25, -0.2) is 14.5 Å². The van der Waals surface area contributed by atoms with E-state index in [1.807, 2.05) is 13.8 Å². The molecule has 0 rings (SSSR count). The Labute approximate surface area is 78.5 Å². The summed E-state index contributed by atoms with van der Waals surface area (Å²) in [6, 6.07) is -1.01. The second-order valence-electron chi connectivity index (χ2n) is 2.54. The van der Waals surface area contributed by atoms with E-state index in [4.69, 9.17) is 5.73 Å². The van der Waals surface area contributed by atoms with Crippen molar-refractivity contribution in [3.05, 3.63) is 0 Å². The molecule has 0 aromatic heterocycles. The standard InChI is InChI=1S/C8H17N3O2/c1-4-10(5-2)8(13)11(6-3)7(9)12/h4-6H2,1-3H3,(H2,9,12). The van der Waals surface area contributed by atoms with Crippen molar-refractivity contribution in [1.82, 2.24) is 9.80 Å². The van der Waals surface area contributed by atoms with Gasteiger partial charge in [-0.05, 0) is 20.8 Å². The van der Waals surface area contributed by atoms with Crippen LogP contribution in [0, 0.1) is 0 Å². The van der Waals surface area contributed by atoms with Crippen LogP contribution in [0.5, 0.6) is 0 Å². The van der Waals surface area contributed by atoms with E-state index in [1.54, 1.807) is 11.8 Å². The van der Waals surface area contributed by atoms with Crippen LogP contribution >= 0.6 is 0 Å². The minimum absolute atomic E-state index is 0.310. The van der Waals surface area contributed by atoms with Crippen molar-refractivity contribution in [1.29, 1.82) is 0 Å². The zero-order valence-electron chi connectivity index (χ0n) is 8.41. The van der Waals surface area contributed by atoms with Crippen molar-refractivity contribution in [2.75, 3.05) is 19.6 Å². The average Bonchev–Trinajstić information content (AvgIpc) is 2.07. The first-order valence-corrected chi connectivity index (χ1v) is 4.44. The molecule has 0 atom stereocenters. The Balaban J connectivity index is 4.43. The lowest BCUT2D eigenvalue weighted by molar-refractivity contribution is 0.163. The Morgan fingerprint density at radius 2 is 1.54 bits per heavy atom. The number of rotatable bonds is 3. The van der Waals surface area contributed by atoms with E-state index in [2.05, 4.69) is 0 Å². The van der Waals surface area contributed by atoms with Crippen molar-refractivity contribution in [2.24, 2.45) is 5.73 Å². The van der Waals surface area contributed by atoms with Crippen LogP contribution in [0.3, 0.4) is 0 Å². The predicted octanol–water partition coefficient (Wildman–Crippen LogP) is 0.849. The SMILES string of the molecule is CCN(CC)C(=O)N(CC)C(N)=O. The summed E-state index contributed by atoms with van der Waals surface area (Å²) in [5.41, 5.74) is 5.03. The van der Waals surface area contributed by atoms with Crippen molar-refractivity contribution in [3.63, 3.8) is 0 Å². The van der Waals surface area contributed by atoms with Crippen molar-refractivity contribution in [3.8, 4) is 0 Å². The topological polar surface area (TPSA) is 66.6 Å². The number of hydrogen-bond donors (Lipinski definition) is 1. The maximum absolute atomic E-state index is 11.5. The molecule has 0 saturated carbocycles. The molecule has 4 amide bonds. The first-order valence-electron chi connectivity index (χ1n) is 4.44. The number of carbonyl (C=O) groups excluding carboxylic acids is 2. The minimum Gasteiger partial charge on any atom is -0.351 e. The molecule has 0 bridgehead atoms. The molecule has 0 saturated heterocycles. The maximum Gasteiger partial charge on any atom is 0.328 e. The van der Waals surface area contributed by atoms with Crippen molar-refractivity contribution >= 4 is 12.1 Å². The summed E-state index contributed by atoms with van der Waals surface area (Å²) in [7, 11) is 0. The Kier molecular flexibility index (Phi) is 4.87. The lowest BCUT2D eigenvalue weighted by Crippen LogP contribution is -2.48. The van der Waals surface area contributed by atoms with Crippen LogP contribution in [0.1, 0.15) is 20.8 Å². The quantitative estimate of drug-likeness (QED) is 0.711. The number of hydrogen-bond acceptors (Lipinski definition) is 2. The molecule has 0 radical (unpaired) electrons. The molecule has 0 aromatic carbocycles. The van der Waals surface area contributed by atoms with Crippen LogP contribution in [0.2, 0.25) is 0 Å². The van der Waals surface area contributed by atoms with E-state index in [1.165, 1.54) is 0 Å². The third-order valence-corrected chi connectivity index (χ3v) is 1.85. The zero-order chi connectivity index (χ0) is 10.4. The van der Waals surface area contributed by atoms with Gasteiger partial charge in [0.2, 0.25) is 0 Å². The molecule has 76 valence electrons. The highest BCUT2D eigenvalue weighted by Gasteiger charge is 2.20. The summed E-state index contributed by atoms with van der Waals surface area (Å²) >= 11 is 0. The second-order valence-corrected chi connectivity index (χ2v) is 2.54. The van der Waals surface area contributed by atoms with Crippen molar-refractivity contribution in [2.45, 2.75) is 20.8 Å². The van der Waals surface area contributed by atoms with Gasteiger partial charge in [0, 0.05) is 19.6 Å². The van der Waals surface area contributed by atoms with Gasteiger partial charge in [-0.1, -0.05) is 0 Å². The monoisotopic (exact) mass is 187 g/mol. The van der Waals surface area contributed by atoms with Gasteiger partial charge in [0.15, 0.2) is 0 Å². The van der Waals surface area contributed by atoms with Crippen LogP contribution in [-0.4, -0.2) is 41.5 Å². The molecule has 0 heterocycles. The van der Waals surface area contributed by atoms with E-state index in [0.717, 1.165) is 4.90 Å². The van der Waals surface area contributed by atoms with E-state index >= 15 is 0 Å². The largest absolute Gasteiger partial charge is 0.351 e. The highest BCUT2D eigenvalue weighted by molar-refractivity contribution is 5.92. The Morgan fingerprint density at radius 3 is 1.77 bits per heavy atom. The fourth-order valence-electron chi connectivity index (χ4n) is 1.05. The normalized spacial score (nSPS) is 9.46. The Bertz CT molecular complexity index is 190. The summed E-state index contributed by atoms with van der Waals surface area (Å²) in [5.74, 6) is 0. The summed E-state index contributed by atoms with van der Waals surface area (Å²) < 4.78 is 0. The Morgan fingerprint density at radius 1 is 1.08 bits per heavy atom. The third-order valence-electron chi connectivity index (χ3n) is 1.85. The number of carbonyl (C=O) groups is 2. The Hall–Kier alpha value is -1.26. The van der Waals surface area contributed by atoms with Crippen LogP contribution in [-0.2, 0) is 0 Å². The smallest absolute Gasteiger partial charge is 0.328 e. The molecule has 0 aliphatic carbocycles. The molecule has 0 spiro atoms. The van der Waals surface area contributed by atoms with Crippen LogP contribution in [0.4, 0.5) is 9.59 Å². The summed E-state index contributed by atoms with van der Waals surface area (Å²) in [6.07, 6.45) is 0. The molecular formula is C8H17N3O2. The van der Waals surface area contributed by atoms with Gasteiger partial charge < -0.3 is 10.6 Å². The molecule has 5 nitrogen and oxygen atoms in total. The molecule has 13 heavy (non-hydrogen) atoms. The van der Waals surface area contributed by atoms with Gasteiger partial charge in [0.25, 0.3) is 0 Å². The molecular weight excluding hydrogens is 170 g/mol. The van der Waals surface area contributed by atoms with E-state index in [9.17, 15) is 9.59 Å². The van der Waals surface area contributed by atoms with E-state index in [-0.39, 0.29) is 6.03 Å². The van der Waals surface area contributed by atoms with Gasteiger partial charge in [-0.15, -0.1) is 0 Å². The number of amides is 4. The fraction of sp³-hybridized carbons (Fsp3) is 0.750. The van der Waals surface area contributed by atoms with Crippen LogP contribution in [0.15, 0.2) is 0 Å².